The lowest BCUT2D eigenvalue weighted by atomic mass is 9.95. The fraction of sp³-hybridized carbons (Fsp3) is 0.323. The molecule has 1 aliphatic rings. The van der Waals surface area contributed by atoms with Crippen molar-refractivity contribution in [3.05, 3.63) is 87.7 Å². The van der Waals surface area contributed by atoms with Gasteiger partial charge in [-0.1, -0.05) is 17.7 Å². The van der Waals surface area contributed by atoms with Crippen molar-refractivity contribution in [3.8, 4) is 0 Å². The zero-order valence-electron chi connectivity index (χ0n) is 24.6. The summed E-state index contributed by atoms with van der Waals surface area (Å²) < 4.78 is 61.7. The van der Waals surface area contributed by atoms with E-state index in [-0.39, 0.29) is 21.8 Å². The minimum atomic E-state index is -2.00. The van der Waals surface area contributed by atoms with Crippen LogP contribution in [0, 0.1) is 23.4 Å². The lowest BCUT2D eigenvalue weighted by Gasteiger charge is -2.20. The van der Waals surface area contributed by atoms with Gasteiger partial charge in [0.15, 0.2) is 5.82 Å². The van der Waals surface area contributed by atoms with Crippen molar-refractivity contribution in [2.24, 2.45) is 5.92 Å². The molecule has 4 rings (SSSR count). The Hall–Kier alpha value is -3.54. The highest BCUT2D eigenvalue weighted by Gasteiger charge is 2.67. The first-order valence-electron chi connectivity index (χ1n) is 13.5. The molecule has 1 fully saturated rings. The Kier molecular flexibility index (Phi) is 9.41. The van der Waals surface area contributed by atoms with Crippen LogP contribution in [0.5, 0.6) is 0 Å². The fourth-order valence-corrected chi connectivity index (χ4v) is 5.65. The number of hydrogen-bond donors (Lipinski definition) is 3. The van der Waals surface area contributed by atoms with Crippen LogP contribution in [0.1, 0.15) is 62.0 Å². The van der Waals surface area contributed by atoms with E-state index < -0.39 is 74.2 Å². The molecular formula is C31H28Cl3F4N3O4. The number of benzene rings is 3. The molecule has 7 nitrogen and oxygen atoms in total. The number of hydrogen-bond acceptors (Lipinski definition) is 4. The summed E-state index contributed by atoms with van der Waals surface area (Å²) in [5, 5.41) is 6.77. The van der Waals surface area contributed by atoms with Crippen molar-refractivity contribution in [1.82, 2.24) is 0 Å². The minimum Gasteiger partial charge on any atom is -0.444 e. The highest BCUT2D eigenvalue weighted by molar-refractivity contribution is 6.53. The van der Waals surface area contributed by atoms with Crippen molar-refractivity contribution in [1.29, 1.82) is 0 Å². The first-order valence-corrected chi connectivity index (χ1v) is 14.6. The molecule has 0 heterocycles. The van der Waals surface area contributed by atoms with Gasteiger partial charge in [-0.3, -0.25) is 14.9 Å². The number of carbonyl (C=O) groups excluding carboxylic acids is 3. The molecule has 3 aromatic carbocycles. The van der Waals surface area contributed by atoms with Gasteiger partial charge in [0.05, 0.1) is 22.2 Å². The van der Waals surface area contributed by atoms with Crippen LogP contribution in [0.2, 0.25) is 5.02 Å². The highest BCUT2D eigenvalue weighted by Crippen LogP contribution is 2.65. The molecule has 0 aliphatic heterocycles. The predicted molar refractivity (Wildman–Crippen MR) is 165 cm³/mol. The third kappa shape index (κ3) is 7.65. The lowest BCUT2D eigenvalue weighted by Crippen LogP contribution is -2.28. The number of ether oxygens (including phenoxy) is 1. The van der Waals surface area contributed by atoms with E-state index in [4.69, 9.17) is 39.5 Å². The molecule has 0 radical (unpaired) electrons. The second-order valence-electron chi connectivity index (χ2n) is 11.9. The molecule has 0 aromatic heterocycles. The standard InChI is InChI=1S/C31H28Cl3F4N3O4/c1-29(2,3)45-28(44)41-25-20(36)10-11-21(24(25)37)40-26(42)16-13-15(7-8-18(16)32)39-27(43)23-22(31(23,33)34)14-6-9-19(35)17(12-14)30(4,5)38/h6-13,22-23H,1-5H3,(H,39,43)(H,40,42)(H,41,44). The van der Waals surface area contributed by atoms with E-state index in [1.165, 1.54) is 44.2 Å². The van der Waals surface area contributed by atoms with Crippen molar-refractivity contribution in [2.45, 2.75) is 56.1 Å². The Balaban J connectivity index is 1.51. The molecule has 3 amide bonds. The van der Waals surface area contributed by atoms with Gasteiger partial charge in [0, 0.05) is 17.2 Å². The van der Waals surface area contributed by atoms with E-state index in [1.54, 1.807) is 20.8 Å². The summed E-state index contributed by atoms with van der Waals surface area (Å²) in [6, 6.07) is 9.41. The highest BCUT2D eigenvalue weighted by atomic mass is 35.5. The van der Waals surface area contributed by atoms with Crippen LogP contribution in [0.25, 0.3) is 0 Å². The molecule has 3 aromatic rings. The number of anilines is 3. The quantitative estimate of drug-likeness (QED) is 0.170. The Bertz CT molecular complexity index is 1690. The molecule has 0 saturated heterocycles. The van der Waals surface area contributed by atoms with Gasteiger partial charge in [-0.25, -0.2) is 22.4 Å². The Labute approximate surface area is 271 Å². The smallest absolute Gasteiger partial charge is 0.412 e. The molecular weight excluding hydrogens is 661 g/mol. The summed E-state index contributed by atoms with van der Waals surface area (Å²) in [7, 11) is 0. The number of nitrogens with one attached hydrogen (secondary N) is 3. The van der Waals surface area contributed by atoms with Gasteiger partial charge in [-0.15, -0.1) is 23.2 Å². The average molecular weight is 689 g/mol. The monoisotopic (exact) mass is 687 g/mol. The number of halogens is 7. The van der Waals surface area contributed by atoms with Crippen LogP contribution in [0.4, 0.5) is 39.4 Å². The summed E-state index contributed by atoms with van der Waals surface area (Å²) in [6.45, 7) is 7.09. The second-order valence-corrected chi connectivity index (χ2v) is 13.7. The maximum Gasteiger partial charge on any atom is 0.412 e. The summed E-state index contributed by atoms with van der Waals surface area (Å²) in [4.78, 5) is 38.3. The predicted octanol–water partition coefficient (Wildman–Crippen LogP) is 9.09. The molecule has 240 valence electrons. The van der Waals surface area contributed by atoms with E-state index >= 15 is 4.39 Å². The Morgan fingerprint density at radius 3 is 2.13 bits per heavy atom. The largest absolute Gasteiger partial charge is 0.444 e. The van der Waals surface area contributed by atoms with Crippen molar-refractivity contribution < 1.29 is 36.7 Å². The summed E-state index contributed by atoms with van der Waals surface area (Å²) in [5.74, 6) is -6.53. The SMILES string of the molecule is CC(C)(C)OC(=O)Nc1c(F)ccc(NC(=O)c2cc(NC(=O)C3C(c4ccc(F)c(C(C)(C)F)c4)C3(Cl)Cl)ccc2Cl)c1F. The molecule has 3 N–H and O–H groups in total. The minimum absolute atomic E-state index is 0.0684. The number of amides is 3. The fourth-order valence-electron chi connectivity index (χ4n) is 4.62. The maximum atomic E-state index is 15.1. The van der Waals surface area contributed by atoms with E-state index in [9.17, 15) is 27.6 Å². The lowest BCUT2D eigenvalue weighted by molar-refractivity contribution is -0.117. The Morgan fingerprint density at radius 2 is 1.51 bits per heavy atom. The van der Waals surface area contributed by atoms with Gasteiger partial charge in [0.1, 0.15) is 32.9 Å². The molecule has 0 bridgehead atoms. The van der Waals surface area contributed by atoms with Crippen LogP contribution < -0.4 is 16.0 Å². The summed E-state index contributed by atoms with van der Waals surface area (Å²) >= 11 is 19.0. The van der Waals surface area contributed by atoms with Crippen LogP contribution in [0.15, 0.2) is 48.5 Å². The summed E-state index contributed by atoms with van der Waals surface area (Å²) in [5.41, 5.74) is -4.21. The van der Waals surface area contributed by atoms with E-state index in [0.29, 0.717) is 5.56 Å². The van der Waals surface area contributed by atoms with Crippen molar-refractivity contribution >= 4 is 69.8 Å². The first-order chi connectivity index (χ1) is 20.7. The van der Waals surface area contributed by atoms with Gasteiger partial charge < -0.3 is 15.4 Å². The molecule has 0 spiro atoms. The van der Waals surface area contributed by atoms with Crippen LogP contribution in [-0.4, -0.2) is 27.8 Å². The van der Waals surface area contributed by atoms with Crippen molar-refractivity contribution in [2.75, 3.05) is 16.0 Å². The molecule has 1 saturated carbocycles. The van der Waals surface area contributed by atoms with Crippen LogP contribution >= 0.6 is 34.8 Å². The van der Waals surface area contributed by atoms with Gasteiger partial charge >= 0.3 is 6.09 Å². The van der Waals surface area contributed by atoms with E-state index in [2.05, 4.69) is 10.6 Å². The Morgan fingerprint density at radius 1 is 0.867 bits per heavy atom. The third-order valence-electron chi connectivity index (χ3n) is 6.77. The zero-order valence-corrected chi connectivity index (χ0v) is 26.8. The summed E-state index contributed by atoms with van der Waals surface area (Å²) in [6.07, 6.45) is -1.11. The average Bonchev–Trinajstić information content (AvgIpc) is 3.49. The number of carbonyl (C=O) groups is 3. The van der Waals surface area contributed by atoms with E-state index in [1.807, 2.05) is 5.32 Å². The van der Waals surface area contributed by atoms with Crippen molar-refractivity contribution in [3.63, 3.8) is 0 Å². The second kappa shape index (κ2) is 12.3. The van der Waals surface area contributed by atoms with Gasteiger partial charge in [0.25, 0.3) is 5.91 Å². The van der Waals surface area contributed by atoms with Gasteiger partial charge in [-0.2, -0.15) is 0 Å². The third-order valence-corrected chi connectivity index (χ3v) is 8.04. The maximum absolute atomic E-state index is 15.1. The molecule has 14 heteroatoms. The van der Waals surface area contributed by atoms with Gasteiger partial charge in [-0.05, 0) is 82.6 Å². The van der Waals surface area contributed by atoms with Crippen LogP contribution in [-0.2, 0) is 15.2 Å². The van der Waals surface area contributed by atoms with E-state index in [0.717, 1.165) is 18.2 Å². The topological polar surface area (TPSA) is 96.5 Å². The van der Waals surface area contributed by atoms with Crippen LogP contribution in [0.3, 0.4) is 0 Å². The zero-order chi connectivity index (χ0) is 33.6. The van der Waals surface area contributed by atoms with Gasteiger partial charge in [0.2, 0.25) is 5.91 Å². The number of alkyl halides is 3. The first kappa shape index (κ1) is 34.3. The molecule has 1 aliphatic carbocycles. The number of rotatable bonds is 7. The molecule has 2 unspecified atom stereocenters. The molecule has 2 atom stereocenters. The normalized spacial score (nSPS) is 17.3. The molecule has 45 heavy (non-hydrogen) atoms.